The summed E-state index contributed by atoms with van der Waals surface area (Å²) in [5.74, 6) is -0.548. The summed E-state index contributed by atoms with van der Waals surface area (Å²) in [5.41, 5.74) is 0.445. The number of anilines is 1. The Balaban J connectivity index is 2.32. The van der Waals surface area contributed by atoms with Crippen molar-refractivity contribution >= 4 is 11.6 Å². The molecule has 4 heteroatoms. The van der Waals surface area contributed by atoms with E-state index in [-0.39, 0.29) is 5.91 Å². The molecule has 0 spiro atoms. The van der Waals surface area contributed by atoms with Crippen LogP contribution >= 0.6 is 0 Å². The van der Waals surface area contributed by atoms with Crippen LogP contribution in [0.15, 0.2) is 24.3 Å². The molecule has 1 amide bonds. The van der Waals surface area contributed by atoms with Gasteiger partial charge in [-0.25, -0.2) is 8.78 Å². The summed E-state index contributed by atoms with van der Waals surface area (Å²) in [7, 11) is 0. The van der Waals surface area contributed by atoms with E-state index in [9.17, 15) is 13.6 Å². The monoisotopic (exact) mass is 211 g/mol. The van der Waals surface area contributed by atoms with Crippen LogP contribution in [0.1, 0.15) is 12.8 Å². The highest BCUT2D eigenvalue weighted by Crippen LogP contribution is 2.27. The minimum atomic E-state index is -0.581. The van der Waals surface area contributed by atoms with Gasteiger partial charge in [0.1, 0.15) is 12.5 Å². The Hall–Kier alpha value is -1.45. The van der Waals surface area contributed by atoms with Crippen LogP contribution in [0.25, 0.3) is 0 Å². The van der Waals surface area contributed by atoms with Gasteiger partial charge in [-0.1, -0.05) is 6.07 Å². The molecule has 0 aromatic heterocycles. The number of halogens is 2. The minimum absolute atomic E-state index is 0.136. The molecule has 1 heterocycles. The van der Waals surface area contributed by atoms with Crippen molar-refractivity contribution in [3.63, 3.8) is 0 Å². The van der Waals surface area contributed by atoms with Crippen LogP contribution in [0.5, 0.6) is 0 Å². The zero-order valence-corrected chi connectivity index (χ0v) is 8.12. The Morgan fingerprint density at radius 2 is 2.27 bits per heavy atom. The number of rotatable bonds is 2. The Labute approximate surface area is 86.5 Å². The van der Waals surface area contributed by atoms with Gasteiger partial charge in [-0.3, -0.25) is 4.79 Å². The molecule has 0 bridgehead atoms. The molecular formula is C11H11F2NO. The van der Waals surface area contributed by atoms with E-state index in [2.05, 4.69) is 0 Å². The second-order valence-electron chi connectivity index (χ2n) is 3.59. The van der Waals surface area contributed by atoms with Gasteiger partial charge >= 0.3 is 0 Å². The number of carbonyl (C=O) groups excluding carboxylic acids is 1. The van der Waals surface area contributed by atoms with Crippen LogP contribution in [-0.2, 0) is 4.79 Å². The van der Waals surface area contributed by atoms with Gasteiger partial charge in [-0.2, -0.15) is 0 Å². The van der Waals surface area contributed by atoms with Gasteiger partial charge < -0.3 is 4.90 Å². The highest BCUT2D eigenvalue weighted by atomic mass is 19.1. The highest BCUT2D eigenvalue weighted by Gasteiger charge is 2.32. The quantitative estimate of drug-likeness (QED) is 0.735. The fraction of sp³-hybridized carbons (Fsp3) is 0.364. The first kappa shape index (κ1) is 10.1. The van der Waals surface area contributed by atoms with E-state index in [1.807, 2.05) is 0 Å². The van der Waals surface area contributed by atoms with E-state index < -0.39 is 18.5 Å². The normalized spacial score (nSPS) is 21.1. The number of nitrogens with zero attached hydrogens (tertiary/aromatic N) is 1. The Morgan fingerprint density at radius 1 is 1.47 bits per heavy atom. The standard InChI is InChI=1S/C11H11F2NO/c12-7-10-4-5-11(15)14(10)9-3-1-2-8(13)6-9/h1-3,6,10H,4-5,7H2/t10-/m0/s1. The molecule has 2 nitrogen and oxygen atoms in total. The molecule has 0 saturated carbocycles. The van der Waals surface area contributed by atoms with Crippen molar-refractivity contribution < 1.29 is 13.6 Å². The molecule has 0 aliphatic carbocycles. The zero-order chi connectivity index (χ0) is 10.8. The van der Waals surface area contributed by atoms with Crippen molar-refractivity contribution in [3.8, 4) is 0 Å². The lowest BCUT2D eigenvalue weighted by atomic mass is 10.2. The number of alkyl halides is 1. The zero-order valence-electron chi connectivity index (χ0n) is 8.12. The molecule has 15 heavy (non-hydrogen) atoms. The third-order valence-corrected chi connectivity index (χ3v) is 2.59. The molecule has 0 unspecified atom stereocenters. The maximum Gasteiger partial charge on any atom is 0.227 e. The Morgan fingerprint density at radius 3 is 2.93 bits per heavy atom. The average Bonchev–Trinajstić information content (AvgIpc) is 2.59. The molecule has 1 aliphatic rings. The number of hydrogen-bond acceptors (Lipinski definition) is 1. The smallest absolute Gasteiger partial charge is 0.227 e. The van der Waals surface area contributed by atoms with Crippen LogP contribution in [0.3, 0.4) is 0 Å². The van der Waals surface area contributed by atoms with Crippen molar-refractivity contribution in [2.75, 3.05) is 11.6 Å². The lowest BCUT2D eigenvalue weighted by Gasteiger charge is -2.22. The second kappa shape index (κ2) is 3.96. The summed E-state index contributed by atoms with van der Waals surface area (Å²) in [5, 5.41) is 0. The maximum atomic E-state index is 12.9. The van der Waals surface area contributed by atoms with E-state index in [4.69, 9.17) is 0 Å². The van der Waals surface area contributed by atoms with Crippen LogP contribution in [0, 0.1) is 5.82 Å². The van der Waals surface area contributed by atoms with Gasteiger partial charge in [-0.05, 0) is 24.6 Å². The van der Waals surface area contributed by atoms with Gasteiger partial charge in [0.15, 0.2) is 0 Å². The topological polar surface area (TPSA) is 20.3 Å². The summed E-state index contributed by atoms with van der Waals surface area (Å²) in [6.07, 6.45) is 0.844. The summed E-state index contributed by atoms with van der Waals surface area (Å²) < 4.78 is 25.6. The maximum absolute atomic E-state index is 12.9. The summed E-state index contributed by atoms with van der Waals surface area (Å²) >= 11 is 0. The van der Waals surface area contributed by atoms with Crippen molar-refractivity contribution in [3.05, 3.63) is 30.1 Å². The molecule has 1 aromatic carbocycles. The van der Waals surface area contributed by atoms with E-state index in [0.29, 0.717) is 18.5 Å². The van der Waals surface area contributed by atoms with Crippen LogP contribution < -0.4 is 4.90 Å². The van der Waals surface area contributed by atoms with Gasteiger partial charge in [0, 0.05) is 12.1 Å². The van der Waals surface area contributed by atoms with Crippen molar-refractivity contribution in [2.45, 2.75) is 18.9 Å². The molecule has 1 aliphatic heterocycles. The van der Waals surface area contributed by atoms with Crippen LogP contribution in [0.2, 0.25) is 0 Å². The van der Waals surface area contributed by atoms with Gasteiger partial charge in [0.2, 0.25) is 5.91 Å². The van der Waals surface area contributed by atoms with E-state index >= 15 is 0 Å². The van der Waals surface area contributed by atoms with Crippen LogP contribution in [-0.4, -0.2) is 18.6 Å². The van der Waals surface area contributed by atoms with E-state index in [0.717, 1.165) is 0 Å². The number of amides is 1. The predicted molar refractivity (Wildman–Crippen MR) is 52.9 cm³/mol. The molecule has 0 radical (unpaired) electrons. The first-order chi connectivity index (χ1) is 7.22. The number of benzene rings is 1. The minimum Gasteiger partial charge on any atom is -0.307 e. The molecule has 1 atom stereocenters. The average molecular weight is 211 g/mol. The molecule has 0 N–H and O–H groups in total. The third kappa shape index (κ3) is 1.84. The van der Waals surface area contributed by atoms with Crippen molar-refractivity contribution in [1.29, 1.82) is 0 Å². The molecule has 2 rings (SSSR count). The molecule has 1 saturated heterocycles. The lowest BCUT2D eigenvalue weighted by molar-refractivity contribution is -0.117. The first-order valence-corrected chi connectivity index (χ1v) is 4.86. The van der Waals surface area contributed by atoms with Crippen molar-refractivity contribution in [2.24, 2.45) is 0 Å². The van der Waals surface area contributed by atoms with E-state index in [1.54, 1.807) is 6.07 Å². The Bertz CT molecular complexity index is 381. The SMILES string of the molecule is O=C1CC[C@@H](CF)N1c1cccc(F)c1. The number of carbonyl (C=O) groups is 1. The predicted octanol–water partition coefficient (Wildman–Crippen LogP) is 2.29. The summed E-state index contributed by atoms with van der Waals surface area (Å²) in [4.78, 5) is 12.8. The largest absolute Gasteiger partial charge is 0.307 e. The molecule has 1 fully saturated rings. The van der Waals surface area contributed by atoms with Gasteiger partial charge in [0.05, 0.1) is 6.04 Å². The van der Waals surface area contributed by atoms with E-state index in [1.165, 1.54) is 23.1 Å². The third-order valence-electron chi connectivity index (χ3n) is 2.59. The molecular weight excluding hydrogens is 200 g/mol. The van der Waals surface area contributed by atoms with Crippen molar-refractivity contribution in [1.82, 2.24) is 0 Å². The Kier molecular flexibility index (Phi) is 2.66. The fourth-order valence-electron chi connectivity index (χ4n) is 1.87. The van der Waals surface area contributed by atoms with Gasteiger partial charge in [-0.15, -0.1) is 0 Å². The lowest BCUT2D eigenvalue weighted by Crippen LogP contribution is -2.34. The summed E-state index contributed by atoms with van der Waals surface area (Å²) in [6, 6.07) is 5.26. The highest BCUT2D eigenvalue weighted by molar-refractivity contribution is 5.96. The van der Waals surface area contributed by atoms with Gasteiger partial charge in [0.25, 0.3) is 0 Å². The second-order valence-corrected chi connectivity index (χ2v) is 3.59. The molecule has 1 aromatic rings. The van der Waals surface area contributed by atoms with Crippen LogP contribution in [0.4, 0.5) is 14.5 Å². The summed E-state index contributed by atoms with van der Waals surface area (Å²) in [6.45, 7) is -0.581. The fourth-order valence-corrected chi connectivity index (χ4v) is 1.87. The number of hydrogen-bond donors (Lipinski definition) is 0. The first-order valence-electron chi connectivity index (χ1n) is 4.86. The molecule has 80 valence electrons.